The summed E-state index contributed by atoms with van der Waals surface area (Å²) in [4.78, 5) is 36.4. The first kappa shape index (κ1) is 23.2. The van der Waals surface area contributed by atoms with Crippen LogP contribution in [0.2, 0.25) is 0 Å². The van der Waals surface area contributed by atoms with Gasteiger partial charge in [-0.25, -0.2) is 14.2 Å². The summed E-state index contributed by atoms with van der Waals surface area (Å²) < 4.78 is 30.9. The molecule has 2 atom stereocenters. The topological polar surface area (TPSA) is 118 Å². The van der Waals surface area contributed by atoms with Gasteiger partial charge < -0.3 is 29.7 Å². The number of nitrogens with one attached hydrogen (secondary N) is 2. The number of amides is 2. The second kappa shape index (κ2) is 9.36. The Kier molecular flexibility index (Phi) is 5.87. The average molecular weight is 509 g/mol. The van der Waals surface area contributed by atoms with E-state index in [2.05, 4.69) is 20.6 Å². The fourth-order valence-electron chi connectivity index (χ4n) is 5.01. The number of fused-ring (bicyclic) bond motifs is 2. The summed E-state index contributed by atoms with van der Waals surface area (Å²) in [7, 11) is 1.52. The Bertz CT molecular complexity index is 1390. The Balaban J connectivity index is 1.15. The molecular weight excluding hydrogens is 483 g/mol. The summed E-state index contributed by atoms with van der Waals surface area (Å²) in [6, 6.07) is 8.50. The highest BCUT2D eigenvalue weighted by Gasteiger charge is 2.36. The van der Waals surface area contributed by atoms with Gasteiger partial charge in [0.15, 0.2) is 12.4 Å². The summed E-state index contributed by atoms with van der Waals surface area (Å²) in [5.41, 5.74) is 2.59. The number of rotatable bonds is 6. The monoisotopic (exact) mass is 508 g/mol. The predicted molar refractivity (Wildman–Crippen MR) is 133 cm³/mol. The largest absolute Gasteiger partial charge is 0.482 e. The molecule has 2 N–H and O–H groups in total. The Morgan fingerprint density at radius 3 is 3.00 bits per heavy atom. The van der Waals surface area contributed by atoms with Crippen LogP contribution in [0.4, 0.5) is 26.2 Å². The number of benzene rings is 1. The zero-order chi connectivity index (χ0) is 25.5. The molecule has 2 saturated heterocycles. The van der Waals surface area contributed by atoms with Gasteiger partial charge in [0.2, 0.25) is 5.88 Å². The van der Waals surface area contributed by atoms with Crippen LogP contribution in [0.1, 0.15) is 6.42 Å². The maximum atomic E-state index is 14.9. The van der Waals surface area contributed by atoms with Crippen LogP contribution in [0, 0.1) is 5.82 Å². The molecule has 0 radical (unpaired) electrons. The highest BCUT2D eigenvalue weighted by molar-refractivity contribution is 5.97. The van der Waals surface area contributed by atoms with Crippen LogP contribution in [0.15, 0.2) is 36.5 Å². The maximum absolute atomic E-state index is 14.9. The van der Waals surface area contributed by atoms with E-state index in [0.29, 0.717) is 59.4 Å². The number of carbonyl (C=O) groups excluding carboxylic acids is 2. The Morgan fingerprint density at radius 1 is 1.24 bits per heavy atom. The molecule has 0 bridgehead atoms. The fourth-order valence-corrected chi connectivity index (χ4v) is 5.01. The molecule has 11 nitrogen and oxygen atoms in total. The van der Waals surface area contributed by atoms with E-state index in [4.69, 9.17) is 14.2 Å². The molecule has 6 rings (SSSR count). The quantitative estimate of drug-likeness (QED) is 0.517. The molecule has 1 aromatic carbocycles. The van der Waals surface area contributed by atoms with Crippen molar-refractivity contribution in [2.75, 3.05) is 55.1 Å². The van der Waals surface area contributed by atoms with E-state index in [1.807, 2.05) is 4.90 Å². The first-order chi connectivity index (χ1) is 18.0. The van der Waals surface area contributed by atoms with Gasteiger partial charge in [-0.15, -0.1) is 0 Å². The lowest BCUT2D eigenvalue weighted by Gasteiger charge is -2.26. The van der Waals surface area contributed by atoms with Crippen LogP contribution in [0.3, 0.4) is 0 Å². The number of aromatic nitrogens is 2. The zero-order valence-corrected chi connectivity index (χ0v) is 20.1. The number of carbonyl (C=O) groups is 2. The van der Waals surface area contributed by atoms with Gasteiger partial charge in [-0.2, -0.15) is 0 Å². The molecule has 0 aliphatic carbocycles. The van der Waals surface area contributed by atoms with Crippen molar-refractivity contribution < 1.29 is 28.2 Å². The number of nitrogens with zero attached hydrogens (tertiary/aromatic N) is 4. The van der Waals surface area contributed by atoms with E-state index < -0.39 is 11.9 Å². The van der Waals surface area contributed by atoms with Crippen LogP contribution in [-0.4, -0.2) is 74.0 Å². The Labute approximate surface area is 211 Å². The number of cyclic esters (lactones) is 1. The summed E-state index contributed by atoms with van der Waals surface area (Å²) in [6.07, 6.45) is 1.56. The van der Waals surface area contributed by atoms with E-state index in [1.54, 1.807) is 35.2 Å². The molecule has 37 heavy (non-hydrogen) atoms. The third kappa shape index (κ3) is 4.33. The minimum Gasteiger partial charge on any atom is -0.482 e. The third-order valence-corrected chi connectivity index (χ3v) is 6.81. The molecule has 2 fully saturated rings. The lowest BCUT2D eigenvalue weighted by atomic mass is 10.1. The lowest BCUT2D eigenvalue weighted by Crippen LogP contribution is -2.45. The maximum Gasteiger partial charge on any atom is 0.414 e. The highest BCUT2D eigenvalue weighted by atomic mass is 19.1. The summed E-state index contributed by atoms with van der Waals surface area (Å²) in [5, 5.41) is 6.27. The van der Waals surface area contributed by atoms with Gasteiger partial charge in [0, 0.05) is 37.4 Å². The van der Waals surface area contributed by atoms with E-state index in [-0.39, 0.29) is 31.2 Å². The number of halogens is 1. The van der Waals surface area contributed by atoms with Crippen LogP contribution in [-0.2, 0) is 9.53 Å². The second-order valence-electron chi connectivity index (χ2n) is 9.13. The van der Waals surface area contributed by atoms with Crippen molar-refractivity contribution in [1.82, 2.24) is 15.3 Å². The van der Waals surface area contributed by atoms with Crippen LogP contribution >= 0.6 is 0 Å². The van der Waals surface area contributed by atoms with E-state index in [1.165, 1.54) is 13.3 Å². The van der Waals surface area contributed by atoms with Crippen molar-refractivity contribution in [3.8, 4) is 11.6 Å². The number of hydrogen-bond acceptors (Lipinski definition) is 9. The summed E-state index contributed by atoms with van der Waals surface area (Å²) in [6.45, 7) is 1.89. The van der Waals surface area contributed by atoms with Crippen molar-refractivity contribution in [3.63, 3.8) is 0 Å². The standard InChI is InChI=1S/C25H25FN6O5/c1-35-22-5-3-18-23(30-22)24(17(26)10-28-18)31-7-6-14(11-31)27-9-16-12-37-25(34)32(16)15-2-4-20-19(8-15)29-21(33)13-36-20/h2-5,8,10,14,16,27H,6-7,9,11-13H2,1H3,(H,29,33)/t14-,16-/m0/s1. The minimum absolute atomic E-state index is 0.0359. The molecule has 0 unspecified atom stereocenters. The Morgan fingerprint density at radius 2 is 2.14 bits per heavy atom. The van der Waals surface area contributed by atoms with Gasteiger partial charge in [-0.05, 0) is 30.7 Å². The first-order valence-electron chi connectivity index (χ1n) is 12.0. The summed E-state index contributed by atoms with van der Waals surface area (Å²) in [5.74, 6) is 0.275. The highest BCUT2D eigenvalue weighted by Crippen LogP contribution is 2.34. The van der Waals surface area contributed by atoms with Gasteiger partial charge in [0.25, 0.3) is 5.91 Å². The molecule has 0 spiro atoms. The third-order valence-electron chi connectivity index (χ3n) is 6.81. The van der Waals surface area contributed by atoms with Crippen LogP contribution in [0.5, 0.6) is 11.6 Å². The molecular formula is C25H25FN6O5. The molecule has 5 heterocycles. The smallest absolute Gasteiger partial charge is 0.414 e. The number of ether oxygens (including phenoxy) is 3. The summed E-state index contributed by atoms with van der Waals surface area (Å²) >= 11 is 0. The van der Waals surface area contributed by atoms with Crippen molar-refractivity contribution >= 4 is 40.1 Å². The fraction of sp³-hybridized carbons (Fsp3) is 0.360. The normalized spacial score (nSPS) is 21.0. The van der Waals surface area contributed by atoms with E-state index >= 15 is 0 Å². The van der Waals surface area contributed by atoms with Crippen molar-refractivity contribution in [2.45, 2.75) is 18.5 Å². The molecule has 0 saturated carbocycles. The molecule has 2 amide bonds. The van der Waals surface area contributed by atoms with Crippen molar-refractivity contribution in [3.05, 3.63) is 42.3 Å². The second-order valence-corrected chi connectivity index (χ2v) is 9.13. The minimum atomic E-state index is -0.451. The van der Waals surface area contributed by atoms with Gasteiger partial charge >= 0.3 is 6.09 Å². The van der Waals surface area contributed by atoms with Crippen molar-refractivity contribution in [2.24, 2.45) is 0 Å². The van der Waals surface area contributed by atoms with Gasteiger partial charge in [-0.3, -0.25) is 14.7 Å². The van der Waals surface area contributed by atoms with E-state index in [9.17, 15) is 14.0 Å². The molecule has 2 aromatic heterocycles. The van der Waals surface area contributed by atoms with Gasteiger partial charge in [-0.1, -0.05) is 0 Å². The molecule has 3 aliphatic rings. The van der Waals surface area contributed by atoms with Crippen LogP contribution < -0.4 is 29.9 Å². The van der Waals surface area contributed by atoms with Crippen LogP contribution in [0.25, 0.3) is 11.0 Å². The molecule has 12 heteroatoms. The lowest BCUT2D eigenvalue weighted by molar-refractivity contribution is -0.118. The number of hydrogen-bond donors (Lipinski definition) is 2. The van der Waals surface area contributed by atoms with Crippen molar-refractivity contribution in [1.29, 1.82) is 0 Å². The first-order valence-corrected chi connectivity index (χ1v) is 12.0. The Hall–Kier alpha value is -4.19. The van der Waals surface area contributed by atoms with Gasteiger partial charge in [0.05, 0.1) is 30.6 Å². The zero-order valence-electron chi connectivity index (χ0n) is 20.1. The predicted octanol–water partition coefficient (Wildman–Crippen LogP) is 2.30. The molecule has 3 aromatic rings. The van der Waals surface area contributed by atoms with E-state index in [0.717, 1.165) is 6.42 Å². The molecule has 3 aliphatic heterocycles. The number of methoxy groups -OCH3 is 1. The SMILES string of the molecule is COc1ccc2ncc(F)c(N3CC[C@H](NC[C@H]4COC(=O)N4c4ccc5c(c4)NC(=O)CO5)C3)c2n1. The average Bonchev–Trinajstić information content (AvgIpc) is 3.52. The number of anilines is 3. The van der Waals surface area contributed by atoms with Gasteiger partial charge in [0.1, 0.15) is 23.6 Å². The molecule has 192 valence electrons. The number of pyridine rings is 2.